The number of hydrogen-bond donors (Lipinski definition) is 1. The van der Waals surface area contributed by atoms with Crippen molar-refractivity contribution in [2.24, 2.45) is 5.92 Å². The molecular formula is C15H21FN2O. The molecule has 1 aromatic carbocycles. The lowest BCUT2D eigenvalue weighted by Crippen LogP contribution is -2.42. The van der Waals surface area contributed by atoms with Gasteiger partial charge >= 0.3 is 0 Å². The molecule has 1 amide bonds. The van der Waals surface area contributed by atoms with Gasteiger partial charge in [0.25, 0.3) is 5.91 Å². The Hall–Kier alpha value is -1.42. The summed E-state index contributed by atoms with van der Waals surface area (Å²) in [6.07, 6.45) is 2.17. The minimum atomic E-state index is -0.341. The van der Waals surface area contributed by atoms with E-state index in [0.29, 0.717) is 11.5 Å². The predicted molar refractivity (Wildman–Crippen MR) is 73.7 cm³/mol. The van der Waals surface area contributed by atoms with E-state index in [1.54, 1.807) is 13.0 Å². The summed E-state index contributed by atoms with van der Waals surface area (Å²) in [5, 5.41) is 3.16. The predicted octanol–water partition coefficient (Wildman–Crippen LogP) is 2.21. The van der Waals surface area contributed by atoms with Crippen LogP contribution in [0, 0.1) is 18.7 Å². The SMILES string of the molecule is CNCC1CCCN(C(=O)c2cc(C)cc(F)c2)C1. The molecule has 104 valence electrons. The van der Waals surface area contributed by atoms with Crippen LogP contribution in [0.25, 0.3) is 0 Å². The number of aryl methyl sites for hydroxylation is 1. The molecule has 1 unspecified atom stereocenters. The second-order valence-corrected chi connectivity index (χ2v) is 5.33. The molecule has 4 heteroatoms. The van der Waals surface area contributed by atoms with Crippen molar-refractivity contribution in [2.45, 2.75) is 19.8 Å². The number of hydrogen-bond acceptors (Lipinski definition) is 2. The third kappa shape index (κ3) is 3.53. The van der Waals surface area contributed by atoms with Gasteiger partial charge in [0, 0.05) is 18.7 Å². The minimum absolute atomic E-state index is 0.0524. The van der Waals surface area contributed by atoms with Gasteiger partial charge in [-0.15, -0.1) is 0 Å². The summed E-state index contributed by atoms with van der Waals surface area (Å²) in [6.45, 7) is 4.26. The topological polar surface area (TPSA) is 32.3 Å². The van der Waals surface area contributed by atoms with Gasteiger partial charge in [-0.2, -0.15) is 0 Å². The minimum Gasteiger partial charge on any atom is -0.338 e. The number of carbonyl (C=O) groups is 1. The van der Waals surface area contributed by atoms with Crippen LogP contribution < -0.4 is 5.32 Å². The van der Waals surface area contributed by atoms with E-state index in [1.807, 2.05) is 11.9 Å². The molecule has 0 aliphatic carbocycles. The average molecular weight is 264 g/mol. The summed E-state index contributed by atoms with van der Waals surface area (Å²) in [6, 6.07) is 4.53. The Morgan fingerprint density at radius 3 is 2.95 bits per heavy atom. The van der Waals surface area contributed by atoms with Crippen molar-refractivity contribution in [2.75, 3.05) is 26.7 Å². The fourth-order valence-electron chi connectivity index (χ4n) is 2.75. The fraction of sp³-hybridized carbons (Fsp3) is 0.533. The molecule has 1 N–H and O–H groups in total. The van der Waals surface area contributed by atoms with Crippen molar-refractivity contribution in [1.82, 2.24) is 10.2 Å². The molecular weight excluding hydrogens is 243 g/mol. The van der Waals surface area contributed by atoms with Crippen LogP contribution in [0.5, 0.6) is 0 Å². The highest BCUT2D eigenvalue weighted by atomic mass is 19.1. The number of amides is 1. The quantitative estimate of drug-likeness (QED) is 0.907. The molecule has 0 bridgehead atoms. The van der Waals surface area contributed by atoms with E-state index in [2.05, 4.69) is 5.32 Å². The number of nitrogens with zero attached hydrogens (tertiary/aromatic N) is 1. The molecule has 0 spiro atoms. The highest BCUT2D eigenvalue weighted by molar-refractivity contribution is 5.94. The lowest BCUT2D eigenvalue weighted by molar-refractivity contribution is 0.0673. The second-order valence-electron chi connectivity index (χ2n) is 5.33. The van der Waals surface area contributed by atoms with Crippen LogP contribution in [-0.4, -0.2) is 37.5 Å². The van der Waals surface area contributed by atoms with Crippen molar-refractivity contribution >= 4 is 5.91 Å². The van der Waals surface area contributed by atoms with E-state index in [1.165, 1.54) is 12.1 Å². The molecule has 1 aromatic rings. The van der Waals surface area contributed by atoms with E-state index >= 15 is 0 Å². The van der Waals surface area contributed by atoms with Gasteiger partial charge in [-0.05, 0) is 63.0 Å². The molecule has 0 aromatic heterocycles. The standard InChI is InChI=1S/C15H21FN2O/c1-11-6-13(8-14(16)7-11)15(19)18-5-3-4-12(10-18)9-17-2/h6-8,12,17H,3-5,9-10H2,1-2H3. The third-order valence-corrected chi connectivity index (χ3v) is 3.59. The summed E-state index contributed by atoms with van der Waals surface area (Å²) in [7, 11) is 1.93. The molecule has 19 heavy (non-hydrogen) atoms. The second kappa shape index (κ2) is 6.15. The molecule has 3 nitrogen and oxygen atoms in total. The Morgan fingerprint density at radius 1 is 1.47 bits per heavy atom. The smallest absolute Gasteiger partial charge is 0.253 e. The van der Waals surface area contributed by atoms with Gasteiger partial charge in [0.2, 0.25) is 0 Å². The lowest BCUT2D eigenvalue weighted by atomic mass is 9.97. The van der Waals surface area contributed by atoms with Crippen molar-refractivity contribution in [3.8, 4) is 0 Å². The van der Waals surface area contributed by atoms with Crippen LogP contribution in [0.1, 0.15) is 28.8 Å². The van der Waals surface area contributed by atoms with Gasteiger partial charge in [-0.25, -0.2) is 4.39 Å². The number of piperidine rings is 1. The maximum absolute atomic E-state index is 13.4. The largest absolute Gasteiger partial charge is 0.338 e. The van der Waals surface area contributed by atoms with E-state index < -0.39 is 0 Å². The zero-order valence-corrected chi connectivity index (χ0v) is 11.6. The summed E-state index contributed by atoms with van der Waals surface area (Å²) in [5.41, 5.74) is 1.25. The highest BCUT2D eigenvalue weighted by Crippen LogP contribution is 2.19. The summed E-state index contributed by atoms with van der Waals surface area (Å²) >= 11 is 0. The van der Waals surface area contributed by atoms with Gasteiger partial charge in [-0.1, -0.05) is 0 Å². The van der Waals surface area contributed by atoms with Gasteiger partial charge in [-0.3, -0.25) is 4.79 Å². The molecule has 1 aliphatic heterocycles. The van der Waals surface area contributed by atoms with E-state index in [4.69, 9.17) is 0 Å². The molecule has 1 aliphatic rings. The first-order valence-electron chi connectivity index (χ1n) is 6.81. The molecule has 1 atom stereocenters. The molecule has 0 radical (unpaired) electrons. The Labute approximate surface area is 113 Å². The normalized spacial score (nSPS) is 19.5. The third-order valence-electron chi connectivity index (χ3n) is 3.59. The van der Waals surface area contributed by atoms with E-state index in [9.17, 15) is 9.18 Å². The first-order chi connectivity index (χ1) is 9.10. The van der Waals surface area contributed by atoms with Crippen LogP contribution >= 0.6 is 0 Å². The van der Waals surface area contributed by atoms with Crippen LogP contribution in [0.2, 0.25) is 0 Å². The zero-order valence-electron chi connectivity index (χ0n) is 11.6. The molecule has 0 saturated carbocycles. The summed E-state index contributed by atoms with van der Waals surface area (Å²) < 4.78 is 13.4. The average Bonchev–Trinajstić information content (AvgIpc) is 2.37. The van der Waals surface area contributed by atoms with Gasteiger partial charge in [0.15, 0.2) is 0 Å². The Bertz CT molecular complexity index is 439. The van der Waals surface area contributed by atoms with Crippen LogP contribution in [0.15, 0.2) is 18.2 Å². The maximum atomic E-state index is 13.4. The van der Waals surface area contributed by atoms with E-state index in [0.717, 1.165) is 38.0 Å². The Kier molecular flexibility index (Phi) is 4.53. The number of carbonyl (C=O) groups excluding carboxylic acids is 1. The van der Waals surface area contributed by atoms with Gasteiger partial charge in [0.1, 0.15) is 5.82 Å². The van der Waals surface area contributed by atoms with Crippen LogP contribution in [-0.2, 0) is 0 Å². The van der Waals surface area contributed by atoms with E-state index in [-0.39, 0.29) is 11.7 Å². The van der Waals surface area contributed by atoms with Gasteiger partial charge < -0.3 is 10.2 Å². The van der Waals surface area contributed by atoms with Crippen LogP contribution in [0.3, 0.4) is 0 Å². The Morgan fingerprint density at radius 2 is 2.26 bits per heavy atom. The van der Waals surface area contributed by atoms with Crippen LogP contribution in [0.4, 0.5) is 4.39 Å². The first kappa shape index (κ1) is 14.0. The number of halogens is 1. The monoisotopic (exact) mass is 264 g/mol. The highest BCUT2D eigenvalue weighted by Gasteiger charge is 2.24. The fourth-order valence-corrected chi connectivity index (χ4v) is 2.75. The van der Waals surface area contributed by atoms with Crippen molar-refractivity contribution in [3.05, 3.63) is 35.1 Å². The number of benzene rings is 1. The Balaban J connectivity index is 2.10. The molecule has 1 heterocycles. The number of likely N-dealkylation sites (tertiary alicyclic amines) is 1. The summed E-state index contributed by atoms with van der Waals surface area (Å²) in [4.78, 5) is 14.2. The number of rotatable bonds is 3. The zero-order chi connectivity index (χ0) is 13.8. The number of nitrogens with one attached hydrogen (secondary N) is 1. The lowest BCUT2D eigenvalue weighted by Gasteiger charge is -2.32. The summed E-state index contributed by atoms with van der Waals surface area (Å²) in [5.74, 6) is 0.105. The molecule has 1 saturated heterocycles. The maximum Gasteiger partial charge on any atom is 0.253 e. The van der Waals surface area contributed by atoms with Crippen molar-refractivity contribution < 1.29 is 9.18 Å². The first-order valence-corrected chi connectivity index (χ1v) is 6.81. The molecule has 2 rings (SSSR count). The van der Waals surface area contributed by atoms with Crippen molar-refractivity contribution in [1.29, 1.82) is 0 Å². The van der Waals surface area contributed by atoms with Crippen molar-refractivity contribution in [3.63, 3.8) is 0 Å². The van der Waals surface area contributed by atoms with Gasteiger partial charge in [0.05, 0.1) is 0 Å². The molecule has 1 fully saturated rings.